The summed E-state index contributed by atoms with van der Waals surface area (Å²) in [4.78, 5) is 38.3. The second-order valence-electron chi connectivity index (χ2n) is 6.11. The number of likely N-dealkylation sites (N-methyl/N-ethyl adjacent to an activating group) is 1. The molecule has 0 saturated heterocycles. The molecule has 1 aromatic heterocycles. The van der Waals surface area contributed by atoms with Gasteiger partial charge in [0, 0.05) is 13.1 Å². The third-order valence-electron chi connectivity index (χ3n) is 3.97. The van der Waals surface area contributed by atoms with Crippen LogP contribution in [0.15, 0.2) is 65.5 Å². The molecule has 3 aromatic rings. The summed E-state index contributed by atoms with van der Waals surface area (Å²) in [6.45, 7) is -0.257. The summed E-state index contributed by atoms with van der Waals surface area (Å²) in [5, 5.41) is 7.29. The van der Waals surface area contributed by atoms with Crippen LogP contribution >= 0.6 is 23.2 Å². The smallest absolute Gasteiger partial charge is 0.274 e. The Morgan fingerprint density at radius 2 is 1.66 bits per heavy atom. The summed E-state index contributed by atoms with van der Waals surface area (Å²) in [5.74, 6) is -0.998. The van der Waals surface area contributed by atoms with Crippen LogP contribution in [0.1, 0.15) is 10.5 Å². The minimum Gasteiger partial charge on any atom is -0.331 e. The van der Waals surface area contributed by atoms with E-state index in [9.17, 15) is 14.4 Å². The highest BCUT2D eigenvalue weighted by atomic mass is 35.5. The van der Waals surface area contributed by atoms with Gasteiger partial charge in [0.2, 0.25) is 5.91 Å². The van der Waals surface area contributed by atoms with Crippen LogP contribution < -0.4 is 10.9 Å². The van der Waals surface area contributed by atoms with Crippen molar-refractivity contribution in [3.05, 3.63) is 86.8 Å². The molecule has 29 heavy (non-hydrogen) atoms. The predicted molar refractivity (Wildman–Crippen MR) is 112 cm³/mol. The van der Waals surface area contributed by atoms with E-state index in [4.69, 9.17) is 23.2 Å². The van der Waals surface area contributed by atoms with Crippen LogP contribution in [0.25, 0.3) is 5.69 Å². The Hall–Kier alpha value is -3.16. The summed E-state index contributed by atoms with van der Waals surface area (Å²) in [7, 11) is 1.45. The fraction of sp³-hybridized carbons (Fsp3) is 0.100. The zero-order chi connectivity index (χ0) is 21.0. The Morgan fingerprint density at radius 1 is 1.00 bits per heavy atom. The SMILES string of the molecule is CN(CC(=O)Nc1c(Cl)cccc1Cl)C(=O)c1ccc(=O)n(-c2ccccc2)n1. The molecular weight excluding hydrogens is 415 g/mol. The van der Waals surface area contributed by atoms with Crippen LogP contribution in [0.3, 0.4) is 0 Å². The van der Waals surface area contributed by atoms with Crippen molar-refractivity contribution < 1.29 is 9.59 Å². The lowest BCUT2D eigenvalue weighted by Gasteiger charge is -2.17. The second kappa shape index (κ2) is 8.89. The lowest BCUT2D eigenvalue weighted by molar-refractivity contribution is -0.116. The first-order valence-corrected chi connectivity index (χ1v) is 9.27. The van der Waals surface area contributed by atoms with Crippen molar-refractivity contribution in [2.45, 2.75) is 0 Å². The number of nitrogens with one attached hydrogen (secondary N) is 1. The predicted octanol–water partition coefficient (Wildman–Crippen LogP) is 3.25. The van der Waals surface area contributed by atoms with Crippen LogP contribution in [0.5, 0.6) is 0 Å². The van der Waals surface area contributed by atoms with Crippen LogP contribution in [-0.4, -0.2) is 40.1 Å². The largest absolute Gasteiger partial charge is 0.331 e. The van der Waals surface area contributed by atoms with Gasteiger partial charge in [-0.15, -0.1) is 0 Å². The second-order valence-corrected chi connectivity index (χ2v) is 6.92. The molecule has 0 radical (unpaired) electrons. The third kappa shape index (κ3) is 4.82. The van der Waals surface area contributed by atoms with Gasteiger partial charge in [-0.25, -0.2) is 0 Å². The number of carbonyl (C=O) groups excluding carboxylic acids is 2. The molecule has 1 heterocycles. The molecule has 2 aromatic carbocycles. The molecule has 0 aliphatic rings. The normalized spacial score (nSPS) is 10.4. The Kier molecular flexibility index (Phi) is 6.31. The van der Waals surface area contributed by atoms with E-state index in [-0.39, 0.29) is 33.5 Å². The van der Waals surface area contributed by atoms with Crippen molar-refractivity contribution in [2.24, 2.45) is 0 Å². The quantitative estimate of drug-likeness (QED) is 0.672. The average Bonchev–Trinajstić information content (AvgIpc) is 2.71. The van der Waals surface area contributed by atoms with Crippen molar-refractivity contribution in [2.75, 3.05) is 18.9 Å². The van der Waals surface area contributed by atoms with Crippen LogP contribution in [-0.2, 0) is 4.79 Å². The number of hydrogen-bond donors (Lipinski definition) is 1. The molecule has 0 spiro atoms. The molecule has 0 bridgehead atoms. The fourth-order valence-corrected chi connectivity index (χ4v) is 3.05. The van der Waals surface area contributed by atoms with Gasteiger partial charge in [0.1, 0.15) is 5.69 Å². The maximum atomic E-state index is 12.7. The summed E-state index contributed by atoms with van der Waals surface area (Å²) in [5.41, 5.74) is 0.458. The van der Waals surface area contributed by atoms with Gasteiger partial charge in [0.25, 0.3) is 11.5 Å². The fourth-order valence-electron chi connectivity index (χ4n) is 2.56. The van der Waals surface area contributed by atoms with Gasteiger partial charge in [-0.2, -0.15) is 9.78 Å². The van der Waals surface area contributed by atoms with Crippen LogP contribution in [0.2, 0.25) is 10.0 Å². The van der Waals surface area contributed by atoms with Crippen molar-refractivity contribution in [3.8, 4) is 5.69 Å². The number of aromatic nitrogens is 2. The van der Waals surface area contributed by atoms with E-state index in [0.29, 0.717) is 5.69 Å². The molecule has 0 fully saturated rings. The van der Waals surface area contributed by atoms with Crippen molar-refractivity contribution >= 4 is 40.7 Å². The van der Waals surface area contributed by atoms with Gasteiger partial charge in [-0.1, -0.05) is 47.5 Å². The number of carbonyl (C=O) groups is 2. The molecule has 0 aliphatic carbocycles. The number of nitrogens with zero attached hydrogens (tertiary/aromatic N) is 3. The van der Waals surface area contributed by atoms with E-state index in [1.807, 2.05) is 0 Å². The first kappa shape index (κ1) is 20.6. The number of benzene rings is 2. The molecule has 9 heteroatoms. The molecule has 0 atom stereocenters. The van der Waals surface area contributed by atoms with Crippen molar-refractivity contribution in [3.63, 3.8) is 0 Å². The van der Waals surface area contributed by atoms with Crippen molar-refractivity contribution in [1.29, 1.82) is 0 Å². The first-order valence-electron chi connectivity index (χ1n) is 8.52. The Balaban J connectivity index is 1.75. The number of amides is 2. The summed E-state index contributed by atoms with van der Waals surface area (Å²) < 4.78 is 1.13. The standard InChI is InChI=1S/C20H16Cl2N4O3/c1-25(12-17(27)23-19-14(21)8-5-9-15(19)22)20(29)16-10-11-18(28)26(24-16)13-6-3-2-4-7-13/h2-11H,12H2,1H3,(H,23,27). The van der Waals surface area contributed by atoms with E-state index in [0.717, 1.165) is 4.68 Å². The maximum Gasteiger partial charge on any atom is 0.274 e. The number of para-hydroxylation sites is 2. The molecule has 0 unspecified atom stereocenters. The lowest BCUT2D eigenvalue weighted by Crippen LogP contribution is -2.36. The lowest BCUT2D eigenvalue weighted by atomic mass is 10.3. The zero-order valence-electron chi connectivity index (χ0n) is 15.3. The maximum absolute atomic E-state index is 12.7. The van der Waals surface area contributed by atoms with Crippen LogP contribution in [0.4, 0.5) is 5.69 Å². The first-order chi connectivity index (χ1) is 13.9. The topological polar surface area (TPSA) is 84.3 Å². The molecule has 148 valence electrons. The van der Waals surface area contributed by atoms with E-state index in [1.54, 1.807) is 48.5 Å². The highest BCUT2D eigenvalue weighted by molar-refractivity contribution is 6.39. The molecule has 1 N–H and O–H groups in total. The average molecular weight is 431 g/mol. The van der Waals surface area contributed by atoms with E-state index >= 15 is 0 Å². The highest BCUT2D eigenvalue weighted by Crippen LogP contribution is 2.29. The molecule has 0 saturated carbocycles. The Bertz CT molecular complexity index is 1100. The van der Waals surface area contributed by atoms with Gasteiger partial charge in [-0.05, 0) is 30.3 Å². The van der Waals surface area contributed by atoms with Crippen LogP contribution in [0, 0.1) is 0 Å². The highest BCUT2D eigenvalue weighted by Gasteiger charge is 2.19. The molecular formula is C20H16Cl2N4O3. The minimum absolute atomic E-state index is 0.0273. The van der Waals surface area contributed by atoms with E-state index in [2.05, 4.69) is 10.4 Å². The Morgan fingerprint density at radius 3 is 2.31 bits per heavy atom. The number of halogens is 2. The third-order valence-corrected chi connectivity index (χ3v) is 4.60. The summed E-state index contributed by atoms with van der Waals surface area (Å²) >= 11 is 12.1. The summed E-state index contributed by atoms with van der Waals surface area (Å²) in [6.07, 6.45) is 0. The number of rotatable bonds is 5. The number of hydrogen-bond acceptors (Lipinski definition) is 4. The van der Waals surface area contributed by atoms with Crippen molar-refractivity contribution in [1.82, 2.24) is 14.7 Å². The molecule has 7 nitrogen and oxygen atoms in total. The number of anilines is 1. The molecule has 0 aliphatic heterocycles. The monoisotopic (exact) mass is 430 g/mol. The molecule has 3 rings (SSSR count). The van der Waals surface area contributed by atoms with Gasteiger partial charge in [0.05, 0.1) is 28.0 Å². The van der Waals surface area contributed by atoms with E-state index < -0.39 is 11.8 Å². The van der Waals surface area contributed by atoms with Gasteiger partial charge in [0.15, 0.2) is 0 Å². The Labute approximate surface area is 176 Å². The summed E-state index contributed by atoms with van der Waals surface area (Å²) in [6, 6.07) is 16.1. The van der Waals surface area contributed by atoms with Gasteiger partial charge < -0.3 is 10.2 Å². The van der Waals surface area contributed by atoms with Gasteiger partial charge in [-0.3, -0.25) is 14.4 Å². The molecule has 2 amide bonds. The van der Waals surface area contributed by atoms with E-state index in [1.165, 1.54) is 24.1 Å². The zero-order valence-corrected chi connectivity index (χ0v) is 16.8. The van der Waals surface area contributed by atoms with Gasteiger partial charge >= 0.3 is 0 Å². The minimum atomic E-state index is -0.518.